The first-order valence-corrected chi connectivity index (χ1v) is 6.82. The van der Waals surface area contributed by atoms with Crippen LogP contribution in [0.25, 0.3) is 0 Å². The third-order valence-electron chi connectivity index (χ3n) is 3.75. The third-order valence-corrected chi connectivity index (χ3v) is 3.75. The van der Waals surface area contributed by atoms with Gasteiger partial charge in [-0.05, 0) is 36.1 Å². The van der Waals surface area contributed by atoms with Gasteiger partial charge in [-0.1, -0.05) is 36.4 Å². The maximum atomic E-state index is 11.5. The molecule has 0 radical (unpaired) electrons. The maximum absolute atomic E-state index is 11.5. The van der Waals surface area contributed by atoms with E-state index in [-0.39, 0.29) is 5.91 Å². The molecule has 3 rings (SSSR count). The molecule has 1 heterocycles. The van der Waals surface area contributed by atoms with Crippen molar-refractivity contribution in [1.82, 2.24) is 0 Å². The highest BCUT2D eigenvalue weighted by Gasteiger charge is 2.21. The van der Waals surface area contributed by atoms with Gasteiger partial charge in [-0.25, -0.2) is 0 Å². The second-order valence-corrected chi connectivity index (χ2v) is 5.21. The Balaban J connectivity index is 1.79. The van der Waals surface area contributed by atoms with E-state index < -0.39 is 0 Å². The molecule has 0 aromatic heterocycles. The maximum Gasteiger partial charge on any atom is 0.248 e. The number of hydrogen-bond donors (Lipinski definition) is 1. The summed E-state index contributed by atoms with van der Waals surface area (Å²) in [7, 11) is 0. The Bertz CT molecular complexity index is 636. The Hall–Kier alpha value is -2.29. The molecule has 0 aliphatic carbocycles. The minimum absolute atomic E-state index is 0.363. The SMILES string of the molecule is NC(=O)c1ccccc1C[C@H]1COc2ccccc2C1. The summed E-state index contributed by atoms with van der Waals surface area (Å²) in [6.07, 6.45) is 1.79. The van der Waals surface area contributed by atoms with Crippen molar-refractivity contribution in [2.45, 2.75) is 12.8 Å². The molecule has 3 heteroatoms. The summed E-state index contributed by atoms with van der Waals surface area (Å²) in [5.74, 6) is 0.995. The fourth-order valence-corrected chi connectivity index (χ4v) is 2.77. The monoisotopic (exact) mass is 267 g/mol. The van der Waals surface area contributed by atoms with E-state index in [1.54, 1.807) is 6.07 Å². The Morgan fingerprint density at radius 1 is 1.15 bits per heavy atom. The van der Waals surface area contributed by atoms with Crippen LogP contribution in [0.1, 0.15) is 21.5 Å². The summed E-state index contributed by atoms with van der Waals surface area (Å²) >= 11 is 0. The Morgan fingerprint density at radius 3 is 2.75 bits per heavy atom. The molecule has 2 aromatic carbocycles. The second-order valence-electron chi connectivity index (χ2n) is 5.21. The van der Waals surface area contributed by atoms with Gasteiger partial charge in [0, 0.05) is 11.5 Å². The molecule has 2 aromatic rings. The van der Waals surface area contributed by atoms with Crippen molar-refractivity contribution < 1.29 is 9.53 Å². The normalized spacial score (nSPS) is 17.1. The van der Waals surface area contributed by atoms with E-state index in [0.29, 0.717) is 18.1 Å². The van der Waals surface area contributed by atoms with E-state index in [1.807, 2.05) is 36.4 Å². The Kier molecular flexibility index (Phi) is 3.42. The van der Waals surface area contributed by atoms with Crippen LogP contribution in [0.5, 0.6) is 5.75 Å². The van der Waals surface area contributed by atoms with E-state index in [9.17, 15) is 4.79 Å². The summed E-state index contributed by atoms with van der Waals surface area (Å²) in [6, 6.07) is 15.7. The average Bonchev–Trinajstić information content (AvgIpc) is 2.47. The van der Waals surface area contributed by atoms with Crippen LogP contribution in [0, 0.1) is 5.92 Å². The lowest BCUT2D eigenvalue weighted by molar-refractivity contribution is 0.0999. The number of nitrogens with two attached hydrogens (primary N) is 1. The van der Waals surface area contributed by atoms with Crippen molar-refractivity contribution in [3.05, 3.63) is 65.2 Å². The summed E-state index contributed by atoms with van der Waals surface area (Å²) in [6.45, 7) is 0.685. The zero-order chi connectivity index (χ0) is 13.9. The number of para-hydroxylation sites is 1. The standard InChI is InChI=1S/C17H17NO2/c18-17(19)15-7-3-1-5-13(15)9-12-10-14-6-2-4-8-16(14)20-11-12/h1-8,12H,9-11H2,(H2,18,19)/t12-/m1/s1. The molecule has 0 saturated heterocycles. The fraction of sp³-hybridized carbons (Fsp3) is 0.235. The van der Waals surface area contributed by atoms with E-state index in [2.05, 4.69) is 6.07 Å². The number of ether oxygens (including phenoxy) is 1. The van der Waals surface area contributed by atoms with Gasteiger partial charge in [0.05, 0.1) is 6.61 Å². The summed E-state index contributed by atoms with van der Waals surface area (Å²) < 4.78 is 5.79. The molecule has 1 amide bonds. The zero-order valence-corrected chi connectivity index (χ0v) is 11.2. The first kappa shape index (κ1) is 12.7. The van der Waals surface area contributed by atoms with Gasteiger partial charge in [0.1, 0.15) is 5.75 Å². The van der Waals surface area contributed by atoms with Crippen LogP contribution in [-0.2, 0) is 12.8 Å². The van der Waals surface area contributed by atoms with Gasteiger partial charge in [-0.2, -0.15) is 0 Å². The molecule has 2 N–H and O–H groups in total. The van der Waals surface area contributed by atoms with Gasteiger partial charge in [0.15, 0.2) is 0 Å². The smallest absolute Gasteiger partial charge is 0.248 e. The van der Waals surface area contributed by atoms with Gasteiger partial charge in [0.25, 0.3) is 0 Å². The summed E-state index contributed by atoms with van der Waals surface area (Å²) in [4.78, 5) is 11.5. The highest BCUT2D eigenvalue weighted by molar-refractivity contribution is 5.94. The van der Waals surface area contributed by atoms with Crippen LogP contribution in [0.15, 0.2) is 48.5 Å². The number of carbonyl (C=O) groups excluding carboxylic acids is 1. The number of carbonyl (C=O) groups is 1. The molecule has 1 atom stereocenters. The lowest BCUT2D eigenvalue weighted by Crippen LogP contribution is -2.24. The number of amides is 1. The van der Waals surface area contributed by atoms with Crippen molar-refractivity contribution in [3.63, 3.8) is 0 Å². The van der Waals surface area contributed by atoms with E-state index >= 15 is 0 Å². The van der Waals surface area contributed by atoms with Crippen molar-refractivity contribution in [1.29, 1.82) is 0 Å². The van der Waals surface area contributed by atoms with Gasteiger partial charge in [0.2, 0.25) is 5.91 Å². The van der Waals surface area contributed by atoms with Crippen LogP contribution in [-0.4, -0.2) is 12.5 Å². The van der Waals surface area contributed by atoms with Gasteiger partial charge < -0.3 is 10.5 Å². The first-order chi connectivity index (χ1) is 9.74. The van der Waals surface area contributed by atoms with Gasteiger partial charge >= 0.3 is 0 Å². The van der Waals surface area contributed by atoms with Gasteiger partial charge in [-0.3, -0.25) is 4.79 Å². The number of benzene rings is 2. The van der Waals surface area contributed by atoms with Crippen molar-refractivity contribution in [2.75, 3.05) is 6.61 Å². The predicted molar refractivity (Wildman–Crippen MR) is 77.8 cm³/mol. The van der Waals surface area contributed by atoms with E-state index in [1.165, 1.54) is 5.56 Å². The number of primary amides is 1. The summed E-state index contributed by atoms with van der Waals surface area (Å²) in [5.41, 5.74) is 8.29. The molecular weight excluding hydrogens is 250 g/mol. The number of rotatable bonds is 3. The molecule has 102 valence electrons. The quantitative estimate of drug-likeness (QED) is 0.929. The zero-order valence-electron chi connectivity index (χ0n) is 11.2. The third kappa shape index (κ3) is 2.52. The van der Waals surface area contributed by atoms with E-state index in [0.717, 1.165) is 24.2 Å². The average molecular weight is 267 g/mol. The Labute approximate surface area is 118 Å². The number of fused-ring (bicyclic) bond motifs is 1. The topological polar surface area (TPSA) is 52.3 Å². The molecular formula is C17H17NO2. The molecule has 3 nitrogen and oxygen atoms in total. The molecule has 1 aliphatic rings. The van der Waals surface area contributed by atoms with E-state index in [4.69, 9.17) is 10.5 Å². The largest absolute Gasteiger partial charge is 0.493 e. The molecule has 0 unspecified atom stereocenters. The van der Waals surface area contributed by atoms with Crippen molar-refractivity contribution in [2.24, 2.45) is 11.7 Å². The van der Waals surface area contributed by atoms with Crippen LogP contribution >= 0.6 is 0 Å². The van der Waals surface area contributed by atoms with Crippen LogP contribution < -0.4 is 10.5 Å². The second kappa shape index (κ2) is 5.37. The predicted octanol–water partition coefficient (Wildman–Crippen LogP) is 2.58. The lowest BCUT2D eigenvalue weighted by Gasteiger charge is -2.25. The molecule has 1 aliphatic heterocycles. The van der Waals surface area contributed by atoms with Crippen molar-refractivity contribution in [3.8, 4) is 5.75 Å². The minimum atomic E-state index is -0.363. The molecule has 0 fully saturated rings. The van der Waals surface area contributed by atoms with Gasteiger partial charge in [-0.15, -0.1) is 0 Å². The lowest BCUT2D eigenvalue weighted by atomic mass is 9.89. The Morgan fingerprint density at radius 2 is 1.90 bits per heavy atom. The molecule has 20 heavy (non-hydrogen) atoms. The minimum Gasteiger partial charge on any atom is -0.493 e. The molecule has 0 bridgehead atoms. The van der Waals surface area contributed by atoms with Crippen LogP contribution in [0.4, 0.5) is 0 Å². The molecule has 0 saturated carbocycles. The van der Waals surface area contributed by atoms with Crippen LogP contribution in [0.2, 0.25) is 0 Å². The fourth-order valence-electron chi connectivity index (χ4n) is 2.77. The highest BCUT2D eigenvalue weighted by Crippen LogP contribution is 2.29. The van der Waals surface area contributed by atoms with Crippen molar-refractivity contribution >= 4 is 5.91 Å². The number of hydrogen-bond acceptors (Lipinski definition) is 2. The summed E-state index contributed by atoms with van der Waals surface area (Å²) in [5, 5.41) is 0. The first-order valence-electron chi connectivity index (χ1n) is 6.82. The van der Waals surface area contributed by atoms with Crippen LogP contribution in [0.3, 0.4) is 0 Å². The highest BCUT2D eigenvalue weighted by atomic mass is 16.5. The molecule has 0 spiro atoms.